The Morgan fingerprint density at radius 2 is 2.20 bits per heavy atom. The Balaban J connectivity index is 3.14. The lowest BCUT2D eigenvalue weighted by atomic mass is 10.1. The van der Waals surface area contributed by atoms with Gasteiger partial charge in [-0.25, -0.2) is 4.39 Å². The van der Waals surface area contributed by atoms with Gasteiger partial charge in [0.2, 0.25) is 0 Å². The number of hydrogen-bond donors (Lipinski definition) is 0. The van der Waals surface area contributed by atoms with Crippen LogP contribution in [-0.2, 0) is 6.67 Å². The molecule has 0 aliphatic rings. The Kier molecular flexibility index (Phi) is 2.44. The van der Waals surface area contributed by atoms with Gasteiger partial charge in [-0.05, 0) is 24.1 Å². The molecule has 1 rings (SSSR count). The van der Waals surface area contributed by atoms with Crippen LogP contribution in [0.15, 0.2) is 22.7 Å². The Hall–Kier alpha value is -0.370. The van der Waals surface area contributed by atoms with Crippen LogP contribution in [-0.4, -0.2) is 0 Å². The lowest BCUT2D eigenvalue weighted by Gasteiger charge is -2.01. The fourth-order valence-corrected chi connectivity index (χ4v) is 1.20. The van der Waals surface area contributed by atoms with E-state index in [-0.39, 0.29) is 6.67 Å². The van der Waals surface area contributed by atoms with Crippen LogP contribution in [0.4, 0.5) is 4.39 Å². The van der Waals surface area contributed by atoms with Crippen LogP contribution in [0.1, 0.15) is 11.1 Å². The minimum atomic E-state index is -0.384. The summed E-state index contributed by atoms with van der Waals surface area (Å²) < 4.78 is 13.1. The Bertz CT molecular complexity index is 233. The van der Waals surface area contributed by atoms with Crippen molar-refractivity contribution >= 4 is 15.9 Å². The van der Waals surface area contributed by atoms with E-state index in [2.05, 4.69) is 15.9 Å². The zero-order valence-electron chi connectivity index (χ0n) is 5.70. The van der Waals surface area contributed by atoms with Crippen LogP contribution < -0.4 is 0 Å². The minimum Gasteiger partial charge on any atom is -0.246 e. The van der Waals surface area contributed by atoms with Gasteiger partial charge < -0.3 is 0 Å². The third-order valence-corrected chi connectivity index (χ3v) is 2.38. The second kappa shape index (κ2) is 3.15. The third kappa shape index (κ3) is 1.37. The highest BCUT2D eigenvalue weighted by Crippen LogP contribution is 2.19. The van der Waals surface area contributed by atoms with E-state index in [4.69, 9.17) is 0 Å². The van der Waals surface area contributed by atoms with Crippen molar-refractivity contribution in [3.8, 4) is 0 Å². The van der Waals surface area contributed by atoms with Gasteiger partial charge in [0, 0.05) is 4.47 Å². The average molecular weight is 203 g/mol. The molecule has 0 aliphatic carbocycles. The van der Waals surface area contributed by atoms with Gasteiger partial charge in [0.05, 0.1) is 0 Å². The molecule has 0 heterocycles. The fourth-order valence-electron chi connectivity index (χ4n) is 0.797. The SMILES string of the molecule is Cc1c(Br)cccc1CF. The summed E-state index contributed by atoms with van der Waals surface area (Å²) in [4.78, 5) is 0. The first kappa shape index (κ1) is 7.73. The molecular formula is C8H8BrF. The maximum atomic E-state index is 12.1. The lowest BCUT2D eigenvalue weighted by Crippen LogP contribution is -1.84. The van der Waals surface area contributed by atoms with Crippen LogP contribution >= 0.6 is 15.9 Å². The van der Waals surface area contributed by atoms with E-state index in [1.807, 2.05) is 19.1 Å². The maximum Gasteiger partial charge on any atom is 0.115 e. The summed E-state index contributed by atoms with van der Waals surface area (Å²) in [7, 11) is 0. The summed E-state index contributed by atoms with van der Waals surface area (Å²) in [6.07, 6.45) is 0. The molecule has 0 saturated heterocycles. The van der Waals surface area contributed by atoms with Crippen molar-refractivity contribution in [2.24, 2.45) is 0 Å². The number of benzene rings is 1. The van der Waals surface area contributed by atoms with Crippen molar-refractivity contribution in [3.05, 3.63) is 33.8 Å². The first-order valence-electron chi connectivity index (χ1n) is 3.05. The van der Waals surface area contributed by atoms with Crippen LogP contribution in [0.3, 0.4) is 0 Å². The second-order valence-electron chi connectivity index (χ2n) is 2.16. The molecule has 0 atom stereocenters. The maximum absolute atomic E-state index is 12.1. The summed E-state index contributed by atoms with van der Waals surface area (Å²) in [5.74, 6) is 0. The molecule has 0 bridgehead atoms. The van der Waals surface area contributed by atoms with E-state index >= 15 is 0 Å². The number of hydrogen-bond acceptors (Lipinski definition) is 0. The minimum absolute atomic E-state index is 0.384. The van der Waals surface area contributed by atoms with Gasteiger partial charge in [0.15, 0.2) is 0 Å². The highest BCUT2D eigenvalue weighted by Gasteiger charge is 1.98. The highest BCUT2D eigenvalue weighted by atomic mass is 79.9. The first-order chi connectivity index (χ1) is 4.75. The third-order valence-electron chi connectivity index (χ3n) is 1.52. The fraction of sp³-hybridized carbons (Fsp3) is 0.250. The number of alkyl halides is 1. The smallest absolute Gasteiger partial charge is 0.115 e. The predicted octanol–water partition coefficient (Wildman–Crippen LogP) is 3.23. The van der Waals surface area contributed by atoms with E-state index in [9.17, 15) is 4.39 Å². The van der Waals surface area contributed by atoms with Crippen molar-refractivity contribution in [2.45, 2.75) is 13.6 Å². The van der Waals surface area contributed by atoms with Gasteiger partial charge in [-0.2, -0.15) is 0 Å². The molecule has 2 heteroatoms. The van der Waals surface area contributed by atoms with E-state index < -0.39 is 0 Å². The Labute approximate surface area is 68.2 Å². The molecule has 0 nitrogen and oxygen atoms in total. The second-order valence-corrected chi connectivity index (χ2v) is 3.01. The van der Waals surface area contributed by atoms with Crippen molar-refractivity contribution in [1.82, 2.24) is 0 Å². The van der Waals surface area contributed by atoms with Crippen LogP contribution in [0.2, 0.25) is 0 Å². The standard InChI is InChI=1S/C8H8BrF/c1-6-7(5-10)3-2-4-8(6)9/h2-4H,5H2,1H3. The first-order valence-corrected chi connectivity index (χ1v) is 3.85. The highest BCUT2D eigenvalue weighted by molar-refractivity contribution is 9.10. The van der Waals surface area contributed by atoms with Gasteiger partial charge in [0.25, 0.3) is 0 Å². The van der Waals surface area contributed by atoms with E-state index in [0.717, 1.165) is 15.6 Å². The molecule has 0 fully saturated rings. The molecule has 0 aliphatic heterocycles. The summed E-state index contributed by atoms with van der Waals surface area (Å²) >= 11 is 3.32. The lowest BCUT2D eigenvalue weighted by molar-refractivity contribution is 0.483. The molecule has 54 valence electrons. The average Bonchev–Trinajstić information content (AvgIpc) is 1.95. The van der Waals surface area contributed by atoms with E-state index in [1.54, 1.807) is 6.07 Å². The van der Waals surface area contributed by atoms with Gasteiger partial charge in [-0.15, -0.1) is 0 Å². The van der Waals surface area contributed by atoms with Gasteiger partial charge in [-0.1, -0.05) is 28.1 Å². The zero-order valence-corrected chi connectivity index (χ0v) is 7.28. The van der Waals surface area contributed by atoms with Crippen LogP contribution in [0, 0.1) is 6.92 Å². The van der Waals surface area contributed by atoms with Crippen molar-refractivity contribution in [1.29, 1.82) is 0 Å². The zero-order chi connectivity index (χ0) is 7.56. The largest absolute Gasteiger partial charge is 0.246 e. The molecule has 1 aromatic rings. The predicted molar refractivity (Wildman–Crippen MR) is 43.7 cm³/mol. The molecule has 0 spiro atoms. The molecule has 10 heavy (non-hydrogen) atoms. The molecule has 0 unspecified atom stereocenters. The molecule has 0 radical (unpaired) electrons. The van der Waals surface area contributed by atoms with Crippen molar-refractivity contribution in [2.75, 3.05) is 0 Å². The molecular weight excluding hydrogens is 195 g/mol. The number of halogens is 2. The van der Waals surface area contributed by atoms with E-state index in [0.29, 0.717) is 0 Å². The Morgan fingerprint density at radius 3 is 2.70 bits per heavy atom. The molecule has 0 N–H and O–H groups in total. The molecule has 0 amide bonds. The Morgan fingerprint density at radius 1 is 1.50 bits per heavy atom. The summed E-state index contributed by atoms with van der Waals surface area (Å²) in [6.45, 7) is 1.52. The summed E-state index contributed by atoms with van der Waals surface area (Å²) in [6, 6.07) is 5.54. The van der Waals surface area contributed by atoms with Gasteiger partial charge >= 0.3 is 0 Å². The van der Waals surface area contributed by atoms with E-state index in [1.165, 1.54) is 0 Å². The monoisotopic (exact) mass is 202 g/mol. The topological polar surface area (TPSA) is 0 Å². The van der Waals surface area contributed by atoms with Crippen molar-refractivity contribution < 1.29 is 4.39 Å². The normalized spacial score (nSPS) is 9.90. The van der Waals surface area contributed by atoms with Crippen molar-refractivity contribution in [3.63, 3.8) is 0 Å². The summed E-state index contributed by atoms with van der Waals surface area (Å²) in [5, 5.41) is 0. The van der Waals surface area contributed by atoms with Gasteiger partial charge in [0.1, 0.15) is 6.67 Å². The molecule has 0 saturated carbocycles. The molecule has 0 aromatic heterocycles. The van der Waals surface area contributed by atoms with Crippen LogP contribution in [0.25, 0.3) is 0 Å². The van der Waals surface area contributed by atoms with Gasteiger partial charge in [-0.3, -0.25) is 0 Å². The molecule has 1 aromatic carbocycles. The quantitative estimate of drug-likeness (QED) is 0.657. The number of rotatable bonds is 1. The summed E-state index contributed by atoms with van der Waals surface area (Å²) in [5.41, 5.74) is 1.75. The van der Waals surface area contributed by atoms with Crippen LogP contribution in [0.5, 0.6) is 0 Å².